The summed E-state index contributed by atoms with van der Waals surface area (Å²) >= 11 is 0. The van der Waals surface area contributed by atoms with E-state index in [0.717, 1.165) is 23.0 Å². The average molecular weight is 409 g/mol. The molecule has 0 spiro atoms. The Bertz CT molecular complexity index is 1210. The van der Waals surface area contributed by atoms with Crippen molar-refractivity contribution in [2.45, 2.75) is 51.7 Å². The van der Waals surface area contributed by atoms with E-state index in [9.17, 15) is 14.4 Å². The van der Waals surface area contributed by atoms with E-state index >= 15 is 0 Å². The third-order valence-electron chi connectivity index (χ3n) is 5.80. The van der Waals surface area contributed by atoms with Gasteiger partial charge in [-0.1, -0.05) is 38.1 Å². The standard InChI is InChI=1S/C22H27N5O3/c1-14(2)16-7-5-15(6-8-16)11-26(17-9-10-17)18(28)12-27-21(29)19-20(23-13-24(19)3)25(4)22(27)30/h5-8,13-14,17H,9-12H2,1-4H3. The molecule has 3 aromatic rings. The van der Waals surface area contributed by atoms with Gasteiger partial charge in [-0.05, 0) is 29.9 Å². The molecule has 0 saturated heterocycles. The lowest BCUT2D eigenvalue weighted by molar-refractivity contribution is -0.133. The third kappa shape index (κ3) is 3.58. The Kier molecular flexibility index (Phi) is 5.09. The summed E-state index contributed by atoms with van der Waals surface area (Å²) in [5.74, 6) is 0.233. The number of nitrogens with zero attached hydrogens (tertiary/aromatic N) is 5. The first-order valence-electron chi connectivity index (χ1n) is 10.3. The fourth-order valence-electron chi connectivity index (χ4n) is 3.77. The first-order valence-corrected chi connectivity index (χ1v) is 10.3. The van der Waals surface area contributed by atoms with Crippen molar-refractivity contribution in [2.24, 2.45) is 14.1 Å². The molecule has 1 fully saturated rings. The lowest BCUT2D eigenvalue weighted by Gasteiger charge is -2.23. The predicted molar refractivity (Wildman–Crippen MR) is 114 cm³/mol. The van der Waals surface area contributed by atoms with Crippen molar-refractivity contribution < 1.29 is 4.79 Å². The molecule has 1 aliphatic rings. The molecule has 30 heavy (non-hydrogen) atoms. The van der Waals surface area contributed by atoms with Gasteiger partial charge in [0, 0.05) is 26.7 Å². The van der Waals surface area contributed by atoms with Crippen LogP contribution in [0.4, 0.5) is 0 Å². The molecule has 0 radical (unpaired) electrons. The van der Waals surface area contributed by atoms with Crippen LogP contribution in [0.5, 0.6) is 0 Å². The van der Waals surface area contributed by atoms with Crippen LogP contribution in [0.3, 0.4) is 0 Å². The molecule has 0 atom stereocenters. The summed E-state index contributed by atoms with van der Waals surface area (Å²) < 4.78 is 3.91. The summed E-state index contributed by atoms with van der Waals surface area (Å²) in [7, 11) is 3.26. The zero-order valence-electron chi connectivity index (χ0n) is 17.8. The minimum absolute atomic E-state index is 0.169. The van der Waals surface area contributed by atoms with Crippen LogP contribution in [0.15, 0.2) is 40.2 Å². The molecule has 1 saturated carbocycles. The van der Waals surface area contributed by atoms with E-state index in [2.05, 4.69) is 31.0 Å². The molecule has 2 heterocycles. The van der Waals surface area contributed by atoms with Gasteiger partial charge in [0.2, 0.25) is 5.91 Å². The molecule has 8 heteroatoms. The van der Waals surface area contributed by atoms with Gasteiger partial charge in [-0.2, -0.15) is 0 Å². The SMILES string of the molecule is CC(C)c1ccc(CN(C(=O)Cn2c(=O)c3c(ncn3C)n(C)c2=O)C2CC2)cc1. The van der Waals surface area contributed by atoms with E-state index in [0.29, 0.717) is 23.6 Å². The Morgan fingerprint density at radius 3 is 2.43 bits per heavy atom. The largest absolute Gasteiger partial charge is 0.334 e. The van der Waals surface area contributed by atoms with E-state index in [1.807, 2.05) is 12.1 Å². The minimum atomic E-state index is -0.531. The molecule has 4 rings (SSSR count). The Morgan fingerprint density at radius 2 is 1.83 bits per heavy atom. The second kappa shape index (κ2) is 7.59. The number of benzene rings is 1. The molecule has 2 aromatic heterocycles. The van der Waals surface area contributed by atoms with Crippen LogP contribution in [0.25, 0.3) is 11.2 Å². The highest BCUT2D eigenvalue weighted by Crippen LogP contribution is 2.29. The number of fused-ring (bicyclic) bond motifs is 1. The summed E-state index contributed by atoms with van der Waals surface area (Å²) in [5.41, 5.74) is 1.91. The van der Waals surface area contributed by atoms with Gasteiger partial charge in [-0.25, -0.2) is 14.3 Å². The van der Waals surface area contributed by atoms with Gasteiger partial charge < -0.3 is 9.47 Å². The van der Waals surface area contributed by atoms with E-state index in [4.69, 9.17) is 0 Å². The summed E-state index contributed by atoms with van der Waals surface area (Å²) in [6.45, 7) is 4.50. The van der Waals surface area contributed by atoms with E-state index in [-0.39, 0.29) is 18.5 Å². The summed E-state index contributed by atoms with van der Waals surface area (Å²) in [4.78, 5) is 44.7. The van der Waals surface area contributed by atoms with E-state index in [1.54, 1.807) is 23.6 Å². The first kappa shape index (κ1) is 20.1. The van der Waals surface area contributed by atoms with Crippen LogP contribution in [-0.2, 0) is 32.0 Å². The first-order chi connectivity index (χ1) is 14.3. The van der Waals surface area contributed by atoms with Crippen LogP contribution < -0.4 is 11.2 Å². The Labute approximate surface area is 174 Å². The van der Waals surface area contributed by atoms with E-state index in [1.165, 1.54) is 16.5 Å². The summed E-state index contributed by atoms with van der Waals surface area (Å²) in [6, 6.07) is 8.44. The molecule has 158 valence electrons. The predicted octanol–water partition coefficient (Wildman–Crippen LogP) is 1.75. The van der Waals surface area contributed by atoms with Gasteiger partial charge in [-0.3, -0.25) is 14.2 Å². The third-order valence-corrected chi connectivity index (χ3v) is 5.80. The summed E-state index contributed by atoms with van der Waals surface area (Å²) in [5, 5.41) is 0. The molecule has 0 unspecified atom stereocenters. The number of rotatable bonds is 6. The Balaban J connectivity index is 1.62. The minimum Gasteiger partial charge on any atom is -0.334 e. The molecule has 1 aromatic carbocycles. The quantitative estimate of drug-likeness (QED) is 0.621. The molecule has 0 N–H and O–H groups in total. The molecular formula is C22H27N5O3. The Hall–Kier alpha value is -3.16. The van der Waals surface area contributed by atoms with Gasteiger partial charge in [0.05, 0.1) is 6.33 Å². The number of amides is 1. The Morgan fingerprint density at radius 1 is 1.17 bits per heavy atom. The highest BCUT2D eigenvalue weighted by atomic mass is 16.2. The van der Waals surface area contributed by atoms with Crippen molar-refractivity contribution in [2.75, 3.05) is 0 Å². The summed E-state index contributed by atoms with van der Waals surface area (Å²) in [6.07, 6.45) is 3.39. The smallest absolute Gasteiger partial charge is 0.332 e. The molecule has 0 aliphatic heterocycles. The number of carbonyl (C=O) groups excluding carboxylic acids is 1. The van der Waals surface area contributed by atoms with Gasteiger partial charge in [0.1, 0.15) is 6.54 Å². The molecule has 1 amide bonds. The van der Waals surface area contributed by atoms with Gasteiger partial charge in [-0.15, -0.1) is 0 Å². The molecule has 1 aliphatic carbocycles. The molecule has 8 nitrogen and oxygen atoms in total. The van der Waals surface area contributed by atoms with Crippen LogP contribution in [-0.4, -0.2) is 35.5 Å². The number of aromatic nitrogens is 4. The van der Waals surface area contributed by atoms with Crippen molar-refractivity contribution in [3.8, 4) is 0 Å². The topological polar surface area (TPSA) is 82.1 Å². The number of hydrogen-bond donors (Lipinski definition) is 0. The maximum absolute atomic E-state index is 13.1. The van der Waals surface area contributed by atoms with Crippen LogP contribution in [0.2, 0.25) is 0 Å². The number of hydrogen-bond acceptors (Lipinski definition) is 4. The highest BCUT2D eigenvalue weighted by Gasteiger charge is 2.33. The second-order valence-electron chi connectivity index (χ2n) is 8.41. The van der Waals surface area contributed by atoms with Crippen LogP contribution in [0, 0.1) is 0 Å². The maximum Gasteiger partial charge on any atom is 0.332 e. The highest BCUT2D eigenvalue weighted by molar-refractivity contribution is 5.77. The fraction of sp³-hybridized carbons (Fsp3) is 0.455. The van der Waals surface area contributed by atoms with Crippen molar-refractivity contribution in [3.05, 3.63) is 62.6 Å². The fourth-order valence-corrected chi connectivity index (χ4v) is 3.77. The molecule has 0 bridgehead atoms. The van der Waals surface area contributed by atoms with Gasteiger partial charge >= 0.3 is 5.69 Å². The number of carbonyl (C=O) groups is 1. The monoisotopic (exact) mass is 409 g/mol. The zero-order chi connectivity index (χ0) is 21.6. The van der Waals surface area contributed by atoms with Crippen LogP contribution >= 0.6 is 0 Å². The zero-order valence-corrected chi connectivity index (χ0v) is 17.8. The average Bonchev–Trinajstić information content (AvgIpc) is 3.49. The van der Waals surface area contributed by atoms with E-state index < -0.39 is 11.2 Å². The second-order valence-corrected chi connectivity index (χ2v) is 8.41. The number of aryl methyl sites for hydroxylation is 2. The lowest BCUT2D eigenvalue weighted by Crippen LogP contribution is -2.45. The normalized spacial score (nSPS) is 13.9. The lowest BCUT2D eigenvalue weighted by atomic mass is 10.0. The van der Waals surface area contributed by atoms with Gasteiger partial charge in [0.25, 0.3) is 5.56 Å². The van der Waals surface area contributed by atoms with Crippen LogP contribution in [0.1, 0.15) is 43.7 Å². The van der Waals surface area contributed by atoms with Gasteiger partial charge in [0.15, 0.2) is 11.2 Å². The number of imidazole rings is 1. The van der Waals surface area contributed by atoms with Crippen molar-refractivity contribution >= 4 is 17.1 Å². The van der Waals surface area contributed by atoms with Crippen molar-refractivity contribution in [3.63, 3.8) is 0 Å². The molecular weight excluding hydrogens is 382 g/mol. The van der Waals surface area contributed by atoms with Crippen molar-refractivity contribution in [1.29, 1.82) is 0 Å². The maximum atomic E-state index is 13.1. The van der Waals surface area contributed by atoms with Crippen molar-refractivity contribution in [1.82, 2.24) is 23.6 Å².